The fraction of sp³-hybridized carbons (Fsp3) is 0.389. The molecule has 1 N–H and O–H groups in total. The van der Waals surface area contributed by atoms with E-state index in [-0.39, 0.29) is 5.92 Å². The molecule has 2 rings (SSSR count). The van der Waals surface area contributed by atoms with Crippen molar-refractivity contribution < 1.29 is 14.6 Å². The van der Waals surface area contributed by atoms with Gasteiger partial charge in [0, 0.05) is 5.92 Å². The maximum absolute atomic E-state index is 12.0. The third-order valence-corrected chi connectivity index (χ3v) is 3.82. The lowest BCUT2D eigenvalue weighted by molar-refractivity contribution is -0.157. The standard InChI is InChI=1S/C18H22O3/c1-3-14(2)13-21-17(19)18(20)11-9-16(10-12-18)15-7-5-4-6-8-15/h4-12,14,16,20H,3,13H2,1-2H3/t14-,16?,18?/m0/s1. The number of aliphatic hydroxyl groups is 1. The molecule has 0 unspecified atom stereocenters. The van der Waals surface area contributed by atoms with E-state index in [4.69, 9.17) is 4.74 Å². The van der Waals surface area contributed by atoms with E-state index in [1.165, 1.54) is 12.2 Å². The highest BCUT2D eigenvalue weighted by Crippen LogP contribution is 2.27. The zero-order valence-electron chi connectivity index (χ0n) is 12.5. The first-order valence-corrected chi connectivity index (χ1v) is 7.38. The minimum atomic E-state index is -1.64. The average molecular weight is 286 g/mol. The summed E-state index contributed by atoms with van der Waals surface area (Å²) in [6.07, 6.45) is 7.64. The zero-order valence-corrected chi connectivity index (χ0v) is 12.5. The molecule has 0 heterocycles. The largest absolute Gasteiger partial charge is 0.463 e. The summed E-state index contributed by atoms with van der Waals surface area (Å²) in [5.41, 5.74) is -0.515. The predicted octanol–water partition coefficient (Wildman–Crippen LogP) is 3.22. The third kappa shape index (κ3) is 3.82. The molecule has 112 valence electrons. The molecule has 3 heteroatoms. The second-order valence-electron chi connectivity index (χ2n) is 5.59. The maximum atomic E-state index is 12.0. The number of rotatable bonds is 5. The molecule has 0 amide bonds. The van der Waals surface area contributed by atoms with Crippen molar-refractivity contribution in [2.45, 2.75) is 31.8 Å². The molecular weight excluding hydrogens is 264 g/mol. The molecule has 0 aliphatic heterocycles. The number of hydrogen-bond donors (Lipinski definition) is 1. The van der Waals surface area contributed by atoms with Gasteiger partial charge >= 0.3 is 5.97 Å². The van der Waals surface area contributed by atoms with Crippen LogP contribution in [0.1, 0.15) is 31.7 Å². The van der Waals surface area contributed by atoms with E-state index < -0.39 is 11.6 Å². The number of ether oxygens (including phenoxy) is 1. The van der Waals surface area contributed by atoms with Crippen LogP contribution in [0.25, 0.3) is 0 Å². The number of carbonyl (C=O) groups excluding carboxylic acids is 1. The number of allylic oxidation sites excluding steroid dienone is 2. The van der Waals surface area contributed by atoms with Crippen LogP contribution in [-0.4, -0.2) is 23.3 Å². The van der Waals surface area contributed by atoms with E-state index in [2.05, 4.69) is 0 Å². The first-order chi connectivity index (χ1) is 10.0. The summed E-state index contributed by atoms with van der Waals surface area (Å²) < 4.78 is 5.19. The molecule has 1 aliphatic rings. The lowest BCUT2D eigenvalue weighted by atomic mass is 9.88. The zero-order chi connectivity index (χ0) is 15.3. The second-order valence-corrected chi connectivity index (χ2v) is 5.59. The van der Waals surface area contributed by atoms with Crippen LogP contribution >= 0.6 is 0 Å². The Bertz CT molecular complexity index is 517. The van der Waals surface area contributed by atoms with Crippen LogP contribution in [0.2, 0.25) is 0 Å². The van der Waals surface area contributed by atoms with Gasteiger partial charge in [-0.1, -0.05) is 62.8 Å². The van der Waals surface area contributed by atoms with Crippen molar-refractivity contribution in [1.29, 1.82) is 0 Å². The van der Waals surface area contributed by atoms with Crippen LogP contribution in [-0.2, 0) is 9.53 Å². The van der Waals surface area contributed by atoms with Crippen molar-refractivity contribution in [3.8, 4) is 0 Å². The molecule has 0 spiro atoms. The molecule has 0 bridgehead atoms. The topological polar surface area (TPSA) is 46.5 Å². The molecule has 1 aliphatic carbocycles. The van der Waals surface area contributed by atoms with Crippen molar-refractivity contribution in [3.63, 3.8) is 0 Å². The van der Waals surface area contributed by atoms with E-state index in [0.717, 1.165) is 12.0 Å². The molecular formula is C18H22O3. The summed E-state index contributed by atoms with van der Waals surface area (Å²) in [5, 5.41) is 10.3. The fourth-order valence-corrected chi connectivity index (χ4v) is 2.11. The highest BCUT2D eigenvalue weighted by molar-refractivity contribution is 5.85. The molecule has 0 radical (unpaired) electrons. The Labute approximate surface area is 125 Å². The van der Waals surface area contributed by atoms with E-state index >= 15 is 0 Å². The van der Waals surface area contributed by atoms with Gasteiger partial charge in [-0.05, 0) is 23.6 Å². The summed E-state index contributed by atoms with van der Waals surface area (Å²) in [6, 6.07) is 9.94. The molecule has 0 saturated heterocycles. The first-order valence-electron chi connectivity index (χ1n) is 7.38. The Hall–Kier alpha value is -1.87. The summed E-state index contributed by atoms with van der Waals surface area (Å²) in [5.74, 6) is -0.234. The van der Waals surface area contributed by atoms with E-state index in [0.29, 0.717) is 12.5 Å². The van der Waals surface area contributed by atoms with E-state index in [9.17, 15) is 9.90 Å². The molecule has 1 atom stereocenters. The smallest absolute Gasteiger partial charge is 0.346 e. The van der Waals surface area contributed by atoms with Crippen LogP contribution in [0.5, 0.6) is 0 Å². The highest BCUT2D eigenvalue weighted by atomic mass is 16.5. The first kappa shape index (κ1) is 15.5. The third-order valence-electron chi connectivity index (χ3n) is 3.82. The van der Waals surface area contributed by atoms with Crippen LogP contribution in [0.3, 0.4) is 0 Å². The predicted molar refractivity (Wildman–Crippen MR) is 82.8 cm³/mol. The van der Waals surface area contributed by atoms with Gasteiger partial charge < -0.3 is 9.84 Å². The Morgan fingerprint density at radius 2 is 1.90 bits per heavy atom. The number of benzene rings is 1. The minimum Gasteiger partial charge on any atom is -0.463 e. The quantitative estimate of drug-likeness (QED) is 0.668. The van der Waals surface area contributed by atoms with Gasteiger partial charge in [0.05, 0.1) is 6.61 Å². The van der Waals surface area contributed by atoms with Crippen LogP contribution in [0.15, 0.2) is 54.6 Å². The molecule has 21 heavy (non-hydrogen) atoms. The van der Waals surface area contributed by atoms with Gasteiger partial charge in [0.2, 0.25) is 0 Å². The van der Waals surface area contributed by atoms with Crippen LogP contribution in [0.4, 0.5) is 0 Å². The van der Waals surface area contributed by atoms with Crippen LogP contribution < -0.4 is 0 Å². The SMILES string of the molecule is CC[C@H](C)COC(=O)C1(O)C=CC(c2ccccc2)C=C1. The monoisotopic (exact) mass is 286 g/mol. The van der Waals surface area contributed by atoms with Crippen molar-refractivity contribution in [1.82, 2.24) is 0 Å². The normalized spacial score (nSPS) is 25.6. The molecule has 1 aromatic rings. The molecule has 0 fully saturated rings. The van der Waals surface area contributed by atoms with E-state index in [1.54, 1.807) is 0 Å². The lowest BCUT2D eigenvalue weighted by Crippen LogP contribution is -2.38. The summed E-state index contributed by atoms with van der Waals surface area (Å²) in [6.45, 7) is 4.38. The number of hydrogen-bond acceptors (Lipinski definition) is 3. The summed E-state index contributed by atoms with van der Waals surface area (Å²) in [7, 11) is 0. The van der Waals surface area contributed by atoms with Gasteiger partial charge in [0.25, 0.3) is 0 Å². The molecule has 3 nitrogen and oxygen atoms in total. The minimum absolute atomic E-state index is 0.0776. The lowest BCUT2D eigenvalue weighted by Gasteiger charge is -2.24. The van der Waals surface area contributed by atoms with Gasteiger partial charge in [-0.3, -0.25) is 0 Å². The van der Waals surface area contributed by atoms with Crippen molar-refractivity contribution in [2.75, 3.05) is 6.61 Å². The van der Waals surface area contributed by atoms with Crippen LogP contribution in [0, 0.1) is 5.92 Å². The molecule has 0 aromatic heterocycles. The highest BCUT2D eigenvalue weighted by Gasteiger charge is 2.34. The summed E-state index contributed by atoms with van der Waals surface area (Å²) >= 11 is 0. The van der Waals surface area contributed by atoms with E-state index in [1.807, 2.05) is 56.3 Å². The van der Waals surface area contributed by atoms with Crippen molar-refractivity contribution in [3.05, 3.63) is 60.2 Å². The Morgan fingerprint density at radius 1 is 1.29 bits per heavy atom. The molecule has 0 saturated carbocycles. The van der Waals surface area contributed by atoms with Gasteiger partial charge in [0.15, 0.2) is 5.60 Å². The number of carbonyl (C=O) groups is 1. The Balaban J connectivity index is 2.00. The summed E-state index contributed by atoms with van der Waals surface area (Å²) in [4.78, 5) is 12.0. The van der Waals surface area contributed by atoms with Gasteiger partial charge in [-0.25, -0.2) is 4.79 Å². The van der Waals surface area contributed by atoms with Gasteiger partial charge in [-0.2, -0.15) is 0 Å². The van der Waals surface area contributed by atoms with Gasteiger partial charge in [-0.15, -0.1) is 0 Å². The second kappa shape index (κ2) is 6.72. The fourth-order valence-electron chi connectivity index (χ4n) is 2.11. The van der Waals surface area contributed by atoms with Crippen molar-refractivity contribution in [2.24, 2.45) is 5.92 Å². The Kier molecular flexibility index (Phi) is 4.97. The number of esters is 1. The van der Waals surface area contributed by atoms with Gasteiger partial charge in [0.1, 0.15) is 0 Å². The molecule has 1 aromatic carbocycles. The average Bonchev–Trinajstić information content (AvgIpc) is 2.53. The van der Waals surface area contributed by atoms with Crippen molar-refractivity contribution >= 4 is 5.97 Å². The Morgan fingerprint density at radius 3 is 2.48 bits per heavy atom. The maximum Gasteiger partial charge on any atom is 0.346 e.